The van der Waals surface area contributed by atoms with Crippen LogP contribution in [0.3, 0.4) is 0 Å². The van der Waals surface area contributed by atoms with Crippen LogP contribution in [-0.4, -0.2) is 16.0 Å². The number of hydrogen-bond acceptors (Lipinski definition) is 4. The summed E-state index contributed by atoms with van der Waals surface area (Å²) in [5.41, 5.74) is 3.91. The summed E-state index contributed by atoms with van der Waals surface area (Å²) < 4.78 is 5.24. The molecule has 1 N–H and O–H groups in total. The van der Waals surface area contributed by atoms with Crippen LogP contribution in [0.2, 0.25) is 0 Å². The summed E-state index contributed by atoms with van der Waals surface area (Å²) in [7, 11) is 0. The summed E-state index contributed by atoms with van der Waals surface area (Å²) in [6.45, 7) is 3.97. The summed E-state index contributed by atoms with van der Waals surface area (Å²) in [5.74, 6) is 0.944. The summed E-state index contributed by atoms with van der Waals surface area (Å²) in [6, 6.07) is 15.6. The second-order valence-electron chi connectivity index (χ2n) is 5.74. The highest BCUT2D eigenvalue weighted by molar-refractivity contribution is 5.91. The maximum absolute atomic E-state index is 12.1. The van der Waals surface area contributed by atoms with Gasteiger partial charge in [-0.05, 0) is 31.5 Å². The monoisotopic (exact) mass is 321 g/mol. The van der Waals surface area contributed by atoms with E-state index in [1.165, 1.54) is 0 Å². The van der Waals surface area contributed by atoms with Crippen LogP contribution in [0.4, 0.5) is 5.69 Å². The fourth-order valence-electron chi connectivity index (χ4n) is 2.40. The normalized spacial score (nSPS) is 10.6. The van der Waals surface area contributed by atoms with E-state index in [4.69, 9.17) is 4.52 Å². The van der Waals surface area contributed by atoms with E-state index < -0.39 is 0 Å². The van der Waals surface area contributed by atoms with E-state index in [9.17, 15) is 4.79 Å². The third kappa shape index (κ3) is 3.87. The molecule has 1 amide bonds. The van der Waals surface area contributed by atoms with Gasteiger partial charge in [0.1, 0.15) is 0 Å². The number of hydrogen-bond donors (Lipinski definition) is 1. The quantitative estimate of drug-likeness (QED) is 0.773. The molecule has 0 aliphatic carbocycles. The molecule has 24 heavy (non-hydrogen) atoms. The van der Waals surface area contributed by atoms with Gasteiger partial charge in [0.2, 0.25) is 17.6 Å². The van der Waals surface area contributed by atoms with Crippen LogP contribution < -0.4 is 5.32 Å². The van der Waals surface area contributed by atoms with Gasteiger partial charge in [0.05, 0.1) is 0 Å². The van der Waals surface area contributed by atoms with Gasteiger partial charge in [0.15, 0.2) is 0 Å². The van der Waals surface area contributed by atoms with Crippen molar-refractivity contribution in [3.05, 3.63) is 65.5 Å². The van der Waals surface area contributed by atoms with Crippen LogP contribution in [0.15, 0.2) is 53.1 Å². The Hall–Kier alpha value is -2.95. The van der Waals surface area contributed by atoms with Crippen molar-refractivity contribution in [3.8, 4) is 11.4 Å². The molecule has 0 saturated heterocycles. The van der Waals surface area contributed by atoms with Gasteiger partial charge in [-0.3, -0.25) is 4.79 Å². The molecule has 0 radical (unpaired) electrons. The molecule has 5 nitrogen and oxygen atoms in total. The Morgan fingerprint density at radius 1 is 1.12 bits per heavy atom. The lowest BCUT2D eigenvalue weighted by Gasteiger charge is -2.06. The molecular formula is C19H19N3O2. The molecule has 0 fully saturated rings. The largest absolute Gasteiger partial charge is 0.339 e. The Balaban J connectivity index is 1.59. The SMILES string of the molecule is Cc1cccc(-c2noc(CCC(=O)Nc3ccccc3C)n2)c1. The van der Waals surface area contributed by atoms with E-state index in [0.717, 1.165) is 22.4 Å². The van der Waals surface area contributed by atoms with E-state index in [0.29, 0.717) is 24.6 Å². The Labute approximate surface area is 140 Å². The third-order valence-corrected chi connectivity index (χ3v) is 3.73. The number of nitrogens with zero attached hydrogens (tertiary/aromatic N) is 2. The number of rotatable bonds is 5. The zero-order valence-corrected chi connectivity index (χ0v) is 13.7. The van der Waals surface area contributed by atoms with Crippen LogP contribution in [0.25, 0.3) is 11.4 Å². The maximum atomic E-state index is 12.1. The first-order valence-electron chi connectivity index (χ1n) is 7.87. The molecular weight excluding hydrogens is 302 g/mol. The highest BCUT2D eigenvalue weighted by Crippen LogP contribution is 2.18. The van der Waals surface area contributed by atoms with E-state index >= 15 is 0 Å². The topological polar surface area (TPSA) is 68.0 Å². The zero-order chi connectivity index (χ0) is 16.9. The maximum Gasteiger partial charge on any atom is 0.227 e. The number of para-hydroxylation sites is 1. The molecule has 0 unspecified atom stereocenters. The predicted octanol–water partition coefficient (Wildman–Crippen LogP) is 3.92. The summed E-state index contributed by atoms with van der Waals surface area (Å²) in [6.07, 6.45) is 0.709. The molecule has 0 bridgehead atoms. The van der Waals surface area contributed by atoms with Crippen LogP contribution in [-0.2, 0) is 11.2 Å². The first-order chi connectivity index (χ1) is 11.6. The van der Waals surface area contributed by atoms with E-state index in [2.05, 4.69) is 15.5 Å². The van der Waals surface area contributed by atoms with Gasteiger partial charge in [0.25, 0.3) is 0 Å². The van der Waals surface area contributed by atoms with Gasteiger partial charge in [-0.25, -0.2) is 0 Å². The lowest BCUT2D eigenvalue weighted by Crippen LogP contribution is -2.13. The summed E-state index contributed by atoms with van der Waals surface area (Å²) in [5, 5.41) is 6.88. The Morgan fingerprint density at radius 3 is 2.75 bits per heavy atom. The van der Waals surface area contributed by atoms with Gasteiger partial charge in [-0.15, -0.1) is 0 Å². The molecule has 0 saturated carbocycles. The van der Waals surface area contributed by atoms with Crippen LogP contribution in [0.1, 0.15) is 23.4 Å². The highest BCUT2D eigenvalue weighted by atomic mass is 16.5. The zero-order valence-electron chi connectivity index (χ0n) is 13.7. The van der Waals surface area contributed by atoms with E-state index in [1.54, 1.807) is 0 Å². The lowest BCUT2D eigenvalue weighted by atomic mass is 10.1. The number of aromatic nitrogens is 2. The minimum absolute atomic E-state index is 0.0698. The first kappa shape index (κ1) is 15.9. The predicted molar refractivity (Wildman–Crippen MR) is 92.6 cm³/mol. The Kier molecular flexibility index (Phi) is 4.70. The smallest absolute Gasteiger partial charge is 0.227 e. The molecule has 5 heteroatoms. The Morgan fingerprint density at radius 2 is 1.96 bits per heavy atom. The summed E-state index contributed by atoms with van der Waals surface area (Å²) in [4.78, 5) is 16.4. The average molecular weight is 321 g/mol. The van der Waals surface area contributed by atoms with Crippen molar-refractivity contribution in [2.75, 3.05) is 5.32 Å². The third-order valence-electron chi connectivity index (χ3n) is 3.73. The molecule has 3 rings (SSSR count). The molecule has 0 aliphatic heterocycles. The van der Waals surface area contributed by atoms with Crippen molar-refractivity contribution in [1.82, 2.24) is 10.1 Å². The molecule has 3 aromatic rings. The average Bonchev–Trinajstić information content (AvgIpc) is 3.04. The van der Waals surface area contributed by atoms with Crippen LogP contribution in [0, 0.1) is 13.8 Å². The molecule has 1 aromatic heterocycles. The van der Waals surface area contributed by atoms with E-state index in [1.807, 2.05) is 62.4 Å². The minimum atomic E-state index is -0.0698. The van der Waals surface area contributed by atoms with Crippen molar-refractivity contribution in [2.45, 2.75) is 26.7 Å². The lowest BCUT2D eigenvalue weighted by molar-refractivity contribution is -0.116. The number of carbonyl (C=O) groups is 1. The van der Waals surface area contributed by atoms with Crippen molar-refractivity contribution in [2.24, 2.45) is 0 Å². The molecule has 2 aromatic carbocycles. The number of amides is 1. The number of nitrogens with one attached hydrogen (secondary N) is 1. The minimum Gasteiger partial charge on any atom is -0.339 e. The van der Waals surface area contributed by atoms with Gasteiger partial charge >= 0.3 is 0 Å². The fourth-order valence-corrected chi connectivity index (χ4v) is 2.40. The van der Waals surface area contributed by atoms with Crippen molar-refractivity contribution in [1.29, 1.82) is 0 Å². The molecule has 0 atom stereocenters. The molecule has 1 heterocycles. The molecule has 0 aliphatic rings. The van der Waals surface area contributed by atoms with Crippen molar-refractivity contribution < 1.29 is 9.32 Å². The fraction of sp³-hybridized carbons (Fsp3) is 0.211. The standard InChI is InChI=1S/C19H19N3O2/c1-13-6-5-8-15(12-13)19-21-18(24-22-19)11-10-17(23)20-16-9-4-3-7-14(16)2/h3-9,12H,10-11H2,1-2H3,(H,20,23). The van der Waals surface area contributed by atoms with Crippen molar-refractivity contribution >= 4 is 11.6 Å². The molecule has 0 spiro atoms. The van der Waals surface area contributed by atoms with Gasteiger partial charge in [0, 0.05) is 24.1 Å². The number of carbonyl (C=O) groups excluding carboxylic acids is 1. The Bertz CT molecular complexity index is 855. The van der Waals surface area contributed by atoms with Crippen LogP contribution in [0.5, 0.6) is 0 Å². The van der Waals surface area contributed by atoms with Gasteiger partial charge in [-0.1, -0.05) is 47.1 Å². The van der Waals surface area contributed by atoms with Gasteiger partial charge < -0.3 is 9.84 Å². The van der Waals surface area contributed by atoms with Crippen molar-refractivity contribution in [3.63, 3.8) is 0 Å². The summed E-state index contributed by atoms with van der Waals surface area (Å²) >= 11 is 0. The van der Waals surface area contributed by atoms with E-state index in [-0.39, 0.29) is 5.91 Å². The number of benzene rings is 2. The highest BCUT2D eigenvalue weighted by Gasteiger charge is 2.11. The number of anilines is 1. The second-order valence-corrected chi connectivity index (χ2v) is 5.74. The first-order valence-corrected chi connectivity index (χ1v) is 7.87. The van der Waals surface area contributed by atoms with Crippen LogP contribution >= 0.6 is 0 Å². The second kappa shape index (κ2) is 7.08. The van der Waals surface area contributed by atoms with Gasteiger partial charge in [-0.2, -0.15) is 4.98 Å². The molecule has 122 valence electrons. The number of aryl methyl sites for hydroxylation is 3.